The zero-order valence-electron chi connectivity index (χ0n) is 12.1. The number of piperidine rings is 1. The molecule has 0 aromatic rings. The molecular formula is C14H24N2O4. The molecule has 1 saturated carbocycles. The van der Waals surface area contributed by atoms with Crippen molar-refractivity contribution in [3.8, 4) is 0 Å². The maximum atomic E-state index is 12.4. The molecule has 1 aliphatic heterocycles. The highest BCUT2D eigenvalue weighted by molar-refractivity contribution is 5.80. The smallest absolute Gasteiger partial charge is 0.323 e. The molecule has 2 fully saturated rings. The number of hydrogen-bond donors (Lipinski definition) is 1. The highest BCUT2D eigenvalue weighted by Gasteiger charge is 2.31. The molecule has 6 nitrogen and oxygen atoms in total. The quantitative estimate of drug-likeness (QED) is 0.797. The minimum Gasteiger partial charge on any atom is -0.480 e. The lowest BCUT2D eigenvalue weighted by Crippen LogP contribution is -2.49. The minimum atomic E-state index is -0.937. The lowest BCUT2D eigenvalue weighted by Gasteiger charge is -2.35. The predicted molar refractivity (Wildman–Crippen MR) is 73.5 cm³/mol. The van der Waals surface area contributed by atoms with Crippen molar-refractivity contribution in [1.82, 2.24) is 9.80 Å². The number of ether oxygens (including phenoxy) is 1. The Balaban J connectivity index is 1.85. The lowest BCUT2D eigenvalue weighted by atomic mass is 9.98. The molecule has 2 aliphatic rings. The van der Waals surface area contributed by atoms with Crippen LogP contribution in [0.4, 0.5) is 4.79 Å². The van der Waals surface area contributed by atoms with Crippen LogP contribution < -0.4 is 0 Å². The summed E-state index contributed by atoms with van der Waals surface area (Å²) in [6, 6.07) is -0.116. The third-order valence-corrected chi connectivity index (χ3v) is 4.06. The fraction of sp³-hybridized carbons (Fsp3) is 0.857. The van der Waals surface area contributed by atoms with E-state index in [9.17, 15) is 9.59 Å². The molecule has 0 aromatic carbocycles. The standard InChI is InChI=1S/C14H24N2O4/c1-20-10-12-4-6-15(7-5-12)14(19)16(9-13(17)18)8-11-2-3-11/h11-12H,2-10H2,1H3,(H,17,18). The average molecular weight is 284 g/mol. The molecule has 0 bridgehead atoms. The number of nitrogens with zero attached hydrogens (tertiary/aromatic N) is 2. The molecule has 6 heteroatoms. The van der Waals surface area contributed by atoms with Gasteiger partial charge in [-0.25, -0.2) is 4.79 Å². The summed E-state index contributed by atoms with van der Waals surface area (Å²) in [4.78, 5) is 26.6. The van der Waals surface area contributed by atoms with Gasteiger partial charge in [0.15, 0.2) is 0 Å². The first-order valence-corrected chi connectivity index (χ1v) is 7.34. The van der Waals surface area contributed by atoms with Crippen LogP contribution in [0, 0.1) is 11.8 Å². The van der Waals surface area contributed by atoms with E-state index in [2.05, 4.69) is 0 Å². The van der Waals surface area contributed by atoms with Crippen molar-refractivity contribution in [2.75, 3.05) is 39.9 Å². The van der Waals surface area contributed by atoms with Crippen LogP contribution in [0.2, 0.25) is 0 Å². The highest BCUT2D eigenvalue weighted by atomic mass is 16.5. The van der Waals surface area contributed by atoms with Crippen molar-refractivity contribution in [3.63, 3.8) is 0 Å². The van der Waals surface area contributed by atoms with Crippen LogP contribution in [0.5, 0.6) is 0 Å². The zero-order valence-corrected chi connectivity index (χ0v) is 12.1. The highest BCUT2D eigenvalue weighted by Crippen LogP contribution is 2.30. The van der Waals surface area contributed by atoms with Gasteiger partial charge in [-0.2, -0.15) is 0 Å². The van der Waals surface area contributed by atoms with Gasteiger partial charge in [-0.1, -0.05) is 0 Å². The second kappa shape index (κ2) is 6.92. The number of hydrogen-bond acceptors (Lipinski definition) is 3. The summed E-state index contributed by atoms with van der Waals surface area (Å²) in [5.41, 5.74) is 0. The van der Waals surface area contributed by atoms with Crippen molar-refractivity contribution >= 4 is 12.0 Å². The SMILES string of the molecule is COCC1CCN(C(=O)N(CC(=O)O)CC2CC2)CC1. The van der Waals surface area contributed by atoms with Crippen LogP contribution in [-0.4, -0.2) is 66.8 Å². The topological polar surface area (TPSA) is 70.1 Å². The summed E-state index contributed by atoms with van der Waals surface area (Å²) < 4.78 is 5.15. The monoisotopic (exact) mass is 284 g/mol. The van der Waals surface area contributed by atoms with Crippen molar-refractivity contribution in [3.05, 3.63) is 0 Å². The van der Waals surface area contributed by atoms with E-state index in [4.69, 9.17) is 9.84 Å². The number of carbonyl (C=O) groups is 2. The fourth-order valence-electron chi connectivity index (χ4n) is 2.71. The van der Waals surface area contributed by atoms with Crippen LogP contribution in [-0.2, 0) is 9.53 Å². The molecule has 1 saturated heterocycles. The Morgan fingerprint density at radius 3 is 2.35 bits per heavy atom. The van der Waals surface area contributed by atoms with Crippen LogP contribution in [0.25, 0.3) is 0 Å². The molecule has 0 radical (unpaired) electrons. The third kappa shape index (κ3) is 4.37. The third-order valence-electron chi connectivity index (χ3n) is 4.06. The van der Waals surface area contributed by atoms with Crippen LogP contribution in [0.3, 0.4) is 0 Å². The Kier molecular flexibility index (Phi) is 5.23. The van der Waals surface area contributed by atoms with Gasteiger partial charge < -0.3 is 19.6 Å². The molecule has 0 spiro atoms. The van der Waals surface area contributed by atoms with Crippen LogP contribution in [0.1, 0.15) is 25.7 Å². The molecule has 1 N–H and O–H groups in total. The average Bonchev–Trinajstić information content (AvgIpc) is 3.22. The van der Waals surface area contributed by atoms with E-state index in [-0.39, 0.29) is 12.6 Å². The number of aliphatic carboxylic acids is 1. The molecule has 0 unspecified atom stereocenters. The Morgan fingerprint density at radius 1 is 1.20 bits per heavy atom. The van der Waals surface area contributed by atoms with Gasteiger partial charge in [0.05, 0.1) is 0 Å². The lowest BCUT2D eigenvalue weighted by molar-refractivity contribution is -0.137. The van der Waals surface area contributed by atoms with Gasteiger partial charge in [-0.3, -0.25) is 4.79 Å². The Hall–Kier alpha value is -1.30. The summed E-state index contributed by atoms with van der Waals surface area (Å²) in [5, 5.41) is 8.95. The first-order valence-electron chi connectivity index (χ1n) is 7.34. The van der Waals surface area contributed by atoms with E-state index in [0.717, 1.165) is 32.3 Å². The van der Waals surface area contributed by atoms with Crippen LogP contribution >= 0.6 is 0 Å². The summed E-state index contributed by atoms with van der Waals surface area (Å²) in [6.07, 6.45) is 4.09. The van der Waals surface area contributed by atoms with E-state index in [0.29, 0.717) is 31.5 Å². The molecule has 1 aliphatic carbocycles. The van der Waals surface area contributed by atoms with Crippen molar-refractivity contribution < 1.29 is 19.4 Å². The number of likely N-dealkylation sites (tertiary alicyclic amines) is 1. The summed E-state index contributed by atoms with van der Waals surface area (Å²) >= 11 is 0. The number of amides is 2. The Labute approximate surface area is 119 Å². The minimum absolute atomic E-state index is 0.116. The number of urea groups is 1. The van der Waals surface area contributed by atoms with Crippen LogP contribution in [0.15, 0.2) is 0 Å². The largest absolute Gasteiger partial charge is 0.480 e. The normalized spacial score (nSPS) is 19.9. The molecule has 2 amide bonds. The predicted octanol–water partition coefficient (Wildman–Crippen LogP) is 1.26. The number of carboxylic acids is 1. The molecule has 0 atom stereocenters. The molecule has 2 rings (SSSR count). The van der Waals surface area contributed by atoms with E-state index in [1.54, 1.807) is 12.0 Å². The van der Waals surface area contributed by atoms with Gasteiger partial charge >= 0.3 is 12.0 Å². The molecule has 20 heavy (non-hydrogen) atoms. The summed E-state index contributed by atoms with van der Waals surface area (Å²) in [5.74, 6) is 0.0815. The van der Waals surface area contributed by atoms with Gasteiger partial charge in [0.1, 0.15) is 6.54 Å². The summed E-state index contributed by atoms with van der Waals surface area (Å²) in [7, 11) is 1.70. The molecule has 114 valence electrons. The van der Waals surface area contributed by atoms with E-state index >= 15 is 0 Å². The van der Waals surface area contributed by atoms with E-state index < -0.39 is 5.97 Å². The van der Waals surface area contributed by atoms with Gasteiger partial charge in [0.2, 0.25) is 0 Å². The van der Waals surface area contributed by atoms with Gasteiger partial charge in [0.25, 0.3) is 0 Å². The van der Waals surface area contributed by atoms with Crippen molar-refractivity contribution in [1.29, 1.82) is 0 Å². The number of methoxy groups -OCH3 is 1. The van der Waals surface area contributed by atoms with Crippen molar-refractivity contribution in [2.45, 2.75) is 25.7 Å². The summed E-state index contributed by atoms with van der Waals surface area (Å²) in [6.45, 7) is 2.54. The molecular weight excluding hydrogens is 260 g/mol. The van der Waals surface area contributed by atoms with Gasteiger partial charge in [-0.05, 0) is 37.5 Å². The first-order chi connectivity index (χ1) is 9.60. The fourth-order valence-corrected chi connectivity index (χ4v) is 2.71. The number of rotatable bonds is 6. The molecule has 0 aromatic heterocycles. The van der Waals surface area contributed by atoms with Crippen molar-refractivity contribution in [2.24, 2.45) is 11.8 Å². The van der Waals surface area contributed by atoms with Gasteiger partial charge in [0, 0.05) is 33.4 Å². The second-order valence-electron chi connectivity index (χ2n) is 5.89. The Bertz CT molecular complexity index is 349. The van der Waals surface area contributed by atoms with Gasteiger partial charge in [-0.15, -0.1) is 0 Å². The first kappa shape index (κ1) is 15.1. The number of carbonyl (C=O) groups excluding carboxylic acids is 1. The zero-order chi connectivity index (χ0) is 14.5. The second-order valence-corrected chi connectivity index (χ2v) is 5.89. The Morgan fingerprint density at radius 2 is 1.85 bits per heavy atom. The maximum Gasteiger partial charge on any atom is 0.323 e. The van der Waals surface area contributed by atoms with E-state index in [1.807, 2.05) is 0 Å². The molecule has 1 heterocycles. The number of carboxylic acid groups (broad SMARTS) is 1. The van der Waals surface area contributed by atoms with E-state index in [1.165, 1.54) is 4.90 Å². The maximum absolute atomic E-state index is 12.4.